The van der Waals surface area contributed by atoms with Gasteiger partial charge in [-0.2, -0.15) is 0 Å². The topological polar surface area (TPSA) is 42.9 Å². The highest BCUT2D eigenvalue weighted by molar-refractivity contribution is 8.00. The van der Waals surface area contributed by atoms with Gasteiger partial charge in [0.2, 0.25) is 0 Å². The maximum absolute atomic E-state index is 12.1. The molecule has 0 saturated heterocycles. The van der Waals surface area contributed by atoms with Gasteiger partial charge >= 0.3 is 0 Å². The van der Waals surface area contributed by atoms with E-state index in [1.165, 1.54) is 35.1 Å². The summed E-state index contributed by atoms with van der Waals surface area (Å²) in [6.45, 7) is 1.96. The van der Waals surface area contributed by atoms with Crippen LogP contribution in [0.25, 0.3) is 10.2 Å². The van der Waals surface area contributed by atoms with Crippen LogP contribution >= 0.6 is 23.1 Å². The van der Waals surface area contributed by atoms with Crippen molar-refractivity contribution in [2.45, 2.75) is 62.1 Å². The monoisotopic (exact) mass is 318 g/mol. The second kappa shape index (κ2) is 5.36. The van der Waals surface area contributed by atoms with Gasteiger partial charge in [0.15, 0.2) is 0 Å². The molecule has 0 bridgehead atoms. The fourth-order valence-electron chi connectivity index (χ4n) is 3.36. The van der Waals surface area contributed by atoms with Crippen LogP contribution in [0.5, 0.6) is 0 Å². The molecule has 21 heavy (non-hydrogen) atoms. The van der Waals surface area contributed by atoms with Gasteiger partial charge in [-0.3, -0.25) is 4.79 Å². The molecule has 5 heteroatoms. The molecule has 2 aliphatic rings. The fraction of sp³-hybridized carbons (Fsp3) is 0.562. The molecule has 0 radical (unpaired) electrons. The molecule has 0 spiro atoms. The Hall–Kier alpha value is -0.940. The Morgan fingerprint density at radius 1 is 1.14 bits per heavy atom. The number of carbonyl (C=O) groups is 1. The number of Topliss-reactive ketones (excluding diaryl/α,β-unsaturated/α-hetero) is 1. The van der Waals surface area contributed by atoms with Crippen LogP contribution in [-0.4, -0.2) is 21.0 Å². The Kier molecular flexibility index (Phi) is 3.50. The molecule has 2 aromatic rings. The van der Waals surface area contributed by atoms with Gasteiger partial charge in [0, 0.05) is 16.7 Å². The van der Waals surface area contributed by atoms with Gasteiger partial charge in [-0.25, -0.2) is 9.97 Å². The highest BCUT2D eigenvalue weighted by Crippen LogP contribution is 2.42. The van der Waals surface area contributed by atoms with Crippen molar-refractivity contribution >= 4 is 39.1 Å². The van der Waals surface area contributed by atoms with Gasteiger partial charge in [-0.1, -0.05) is 18.2 Å². The van der Waals surface area contributed by atoms with Gasteiger partial charge in [0.25, 0.3) is 0 Å². The molecule has 1 atom stereocenters. The molecular weight excluding hydrogens is 300 g/mol. The third kappa shape index (κ3) is 2.40. The average molecular weight is 318 g/mol. The zero-order chi connectivity index (χ0) is 14.4. The van der Waals surface area contributed by atoms with E-state index in [2.05, 4.69) is 9.97 Å². The largest absolute Gasteiger partial charge is 0.298 e. The van der Waals surface area contributed by atoms with E-state index >= 15 is 0 Å². The molecule has 0 N–H and O–H groups in total. The number of hydrogen-bond donors (Lipinski definition) is 0. The SMILES string of the molecule is Cc1nc(S[C@H]2CCCCC2=O)c2c3c(sc2n1)CCC3. The number of fused-ring (bicyclic) bond motifs is 3. The summed E-state index contributed by atoms with van der Waals surface area (Å²) in [5.41, 5.74) is 1.46. The third-order valence-corrected chi connectivity index (χ3v) is 6.88. The van der Waals surface area contributed by atoms with E-state index in [0.717, 1.165) is 41.4 Å². The number of ketones is 1. The second-order valence-corrected chi connectivity index (χ2v) is 8.21. The Balaban J connectivity index is 1.78. The number of hydrogen-bond acceptors (Lipinski definition) is 5. The number of thioether (sulfide) groups is 1. The molecule has 2 aliphatic carbocycles. The lowest BCUT2D eigenvalue weighted by molar-refractivity contribution is -0.119. The van der Waals surface area contributed by atoms with Crippen molar-refractivity contribution in [3.05, 3.63) is 16.3 Å². The minimum absolute atomic E-state index is 0.105. The highest BCUT2D eigenvalue weighted by atomic mass is 32.2. The zero-order valence-corrected chi connectivity index (χ0v) is 13.8. The van der Waals surface area contributed by atoms with Crippen LogP contribution in [0.2, 0.25) is 0 Å². The van der Waals surface area contributed by atoms with E-state index in [-0.39, 0.29) is 5.25 Å². The number of carbonyl (C=O) groups excluding carboxylic acids is 1. The molecule has 1 saturated carbocycles. The summed E-state index contributed by atoms with van der Waals surface area (Å²) < 4.78 is 0. The smallest absolute Gasteiger partial charge is 0.146 e. The number of rotatable bonds is 2. The quantitative estimate of drug-likeness (QED) is 0.782. The van der Waals surface area contributed by atoms with E-state index < -0.39 is 0 Å². The third-order valence-electron chi connectivity index (χ3n) is 4.40. The van der Waals surface area contributed by atoms with Crippen LogP contribution in [0.4, 0.5) is 0 Å². The van der Waals surface area contributed by atoms with Crippen LogP contribution in [-0.2, 0) is 17.6 Å². The van der Waals surface area contributed by atoms with E-state index in [1.807, 2.05) is 18.3 Å². The van der Waals surface area contributed by atoms with Crippen molar-refractivity contribution in [1.29, 1.82) is 0 Å². The van der Waals surface area contributed by atoms with Crippen molar-refractivity contribution in [2.24, 2.45) is 0 Å². The molecule has 4 rings (SSSR count). The first kappa shape index (κ1) is 13.7. The standard InChI is InChI=1S/C16H18N2OS2/c1-9-17-15-14(10-5-4-8-12(10)20-15)16(18-9)21-13-7-3-2-6-11(13)19/h13H,2-8H2,1H3/t13-/m0/s1. The predicted octanol–water partition coefficient (Wildman–Crippen LogP) is 4.09. The van der Waals surface area contributed by atoms with Crippen LogP contribution in [0, 0.1) is 6.92 Å². The maximum atomic E-state index is 12.1. The van der Waals surface area contributed by atoms with Crippen LogP contribution in [0.1, 0.15) is 48.4 Å². The number of nitrogens with zero attached hydrogens (tertiary/aromatic N) is 2. The molecule has 0 aromatic carbocycles. The van der Waals surface area contributed by atoms with Crippen LogP contribution in [0.15, 0.2) is 5.03 Å². The van der Waals surface area contributed by atoms with Gasteiger partial charge in [-0.05, 0) is 44.6 Å². The van der Waals surface area contributed by atoms with Crippen molar-refractivity contribution in [3.63, 3.8) is 0 Å². The first-order valence-electron chi connectivity index (χ1n) is 7.70. The lowest BCUT2D eigenvalue weighted by atomic mass is 9.99. The molecule has 2 aromatic heterocycles. The summed E-state index contributed by atoms with van der Waals surface area (Å²) in [4.78, 5) is 24.0. The van der Waals surface area contributed by atoms with Crippen molar-refractivity contribution in [1.82, 2.24) is 9.97 Å². The molecule has 0 unspecified atom stereocenters. The van der Waals surface area contributed by atoms with Gasteiger partial charge in [0.05, 0.1) is 5.25 Å². The van der Waals surface area contributed by atoms with E-state index in [9.17, 15) is 4.79 Å². The molecule has 0 aliphatic heterocycles. The molecule has 3 nitrogen and oxygen atoms in total. The summed E-state index contributed by atoms with van der Waals surface area (Å²) in [6.07, 6.45) is 7.54. The zero-order valence-electron chi connectivity index (χ0n) is 12.1. The Morgan fingerprint density at radius 3 is 2.90 bits per heavy atom. The second-order valence-electron chi connectivity index (χ2n) is 5.93. The number of aryl methyl sites for hydroxylation is 3. The Morgan fingerprint density at radius 2 is 2.05 bits per heavy atom. The Bertz CT molecular complexity index is 723. The molecule has 1 fully saturated rings. The average Bonchev–Trinajstić information content (AvgIpc) is 3.01. The van der Waals surface area contributed by atoms with Crippen LogP contribution < -0.4 is 0 Å². The summed E-state index contributed by atoms with van der Waals surface area (Å²) in [6, 6.07) is 0. The van der Waals surface area contributed by atoms with Crippen LogP contribution in [0.3, 0.4) is 0 Å². The normalized spacial score (nSPS) is 22.0. The number of aromatic nitrogens is 2. The fourth-order valence-corrected chi connectivity index (χ4v) is 6.06. The molecule has 0 amide bonds. The van der Waals surface area contributed by atoms with Gasteiger partial charge < -0.3 is 0 Å². The lowest BCUT2D eigenvalue weighted by Crippen LogP contribution is -2.21. The predicted molar refractivity (Wildman–Crippen MR) is 87.3 cm³/mol. The van der Waals surface area contributed by atoms with Crippen molar-refractivity contribution in [2.75, 3.05) is 0 Å². The molecular formula is C16H18N2OS2. The first-order chi connectivity index (χ1) is 10.2. The maximum Gasteiger partial charge on any atom is 0.146 e. The summed E-state index contributed by atoms with van der Waals surface area (Å²) >= 11 is 3.52. The minimum atomic E-state index is 0.105. The van der Waals surface area contributed by atoms with Gasteiger partial charge in [-0.15, -0.1) is 11.3 Å². The first-order valence-corrected chi connectivity index (χ1v) is 9.40. The molecule has 110 valence electrons. The Labute approximate surface area is 132 Å². The van der Waals surface area contributed by atoms with E-state index in [0.29, 0.717) is 5.78 Å². The van der Waals surface area contributed by atoms with Crippen molar-refractivity contribution in [3.8, 4) is 0 Å². The highest BCUT2D eigenvalue weighted by Gasteiger charge is 2.27. The summed E-state index contributed by atoms with van der Waals surface area (Å²) in [5, 5.41) is 2.41. The minimum Gasteiger partial charge on any atom is -0.298 e. The van der Waals surface area contributed by atoms with E-state index in [1.54, 1.807) is 11.8 Å². The van der Waals surface area contributed by atoms with Crippen molar-refractivity contribution < 1.29 is 4.79 Å². The summed E-state index contributed by atoms with van der Waals surface area (Å²) in [7, 11) is 0. The summed E-state index contributed by atoms with van der Waals surface area (Å²) in [5.74, 6) is 1.23. The number of thiophene rings is 1. The lowest BCUT2D eigenvalue weighted by Gasteiger charge is -2.19. The van der Waals surface area contributed by atoms with E-state index in [4.69, 9.17) is 0 Å². The van der Waals surface area contributed by atoms with Gasteiger partial charge in [0.1, 0.15) is 21.5 Å². The molecule has 2 heterocycles.